The van der Waals surface area contributed by atoms with Crippen molar-refractivity contribution in [2.75, 3.05) is 45.8 Å². The van der Waals surface area contributed by atoms with Crippen molar-refractivity contribution in [2.45, 2.75) is 77.2 Å². The number of hydrogen-bond acceptors (Lipinski definition) is 4. The van der Waals surface area contributed by atoms with Crippen LogP contribution in [0.4, 0.5) is 4.79 Å². The van der Waals surface area contributed by atoms with Crippen LogP contribution in [0.5, 0.6) is 0 Å². The minimum Gasteiger partial charge on any atom is -0.342 e. The van der Waals surface area contributed by atoms with Crippen molar-refractivity contribution in [3.63, 3.8) is 0 Å². The molecular formula is C32H46N4O3. The molecule has 3 saturated heterocycles. The quantitative estimate of drug-likeness (QED) is 0.458. The second kappa shape index (κ2) is 10.2. The minimum absolute atomic E-state index is 0.0242. The molecular weight excluding hydrogens is 488 g/mol. The maximum atomic E-state index is 13.8. The maximum absolute atomic E-state index is 13.8. The summed E-state index contributed by atoms with van der Waals surface area (Å²) in [4.78, 5) is 48.6. The van der Waals surface area contributed by atoms with Crippen molar-refractivity contribution in [3.8, 4) is 0 Å². The third kappa shape index (κ3) is 5.61. The van der Waals surface area contributed by atoms with Crippen LogP contribution in [0.3, 0.4) is 0 Å². The van der Waals surface area contributed by atoms with Crippen molar-refractivity contribution in [1.82, 2.24) is 19.6 Å². The molecule has 0 bridgehead atoms. The van der Waals surface area contributed by atoms with Crippen LogP contribution in [0.15, 0.2) is 30.3 Å². The van der Waals surface area contributed by atoms with Gasteiger partial charge in [0.05, 0.1) is 0 Å². The van der Waals surface area contributed by atoms with Gasteiger partial charge >= 0.3 is 6.03 Å². The number of carbonyl (C=O) groups is 3. The molecule has 5 fully saturated rings. The number of benzene rings is 1. The fraction of sp³-hybridized carbons (Fsp3) is 0.719. The number of carbonyl (C=O) groups excluding carboxylic acids is 3. The van der Waals surface area contributed by atoms with Crippen LogP contribution in [0.1, 0.15) is 77.2 Å². The molecule has 5 aliphatic rings. The molecule has 1 aromatic rings. The van der Waals surface area contributed by atoms with Gasteiger partial charge in [-0.1, -0.05) is 51.1 Å². The monoisotopic (exact) mass is 534 g/mol. The summed E-state index contributed by atoms with van der Waals surface area (Å²) >= 11 is 0. The fourth-order valence-electron chi connectivity index (χ4n) is 7.14. The molecule has 2 aliphatic carbocycles. The van der Waals surface area contributed by atoms with Gasteiger partial charge in [0.1, 0.15) is 5.54 Å². The van der Waals surface area contributed by atoms with E-state index in [2.05, 4.69) is 60.9 Å². The molecule has 39 heavy (non-hydrogen) atoms. The van der Waals surface area contributed by atoms with E-state index in [0.717, 1.165) is 65.0 Å². The van der Waals surface area contributed by atoms with Crippen molar-refractivity contribution >= 4 is 17.8 Å². The average molecular weight is 535 g/mol. The van der Waals surface area contributed by atoms with Crippen molar-refractivity contribution in [1.29, 1.82) is 0 Å². The maximum Gasteiger partial charge on any atom is 0.327 e. The van der Waals surface area contributed by atoms with Gasteiger partial charge in [-0.3, -0.25) is 14.5 Å². The Morgan fingerprint density at radius 3 is 2.15 bits per heavy atom. The van der Waals surface area contributed by atoms with E-state index in [1.807, 2.05) is 4.90 Å². The van der Waals surface area contributed by atoms with E-state index in [0.29, 0.717) is 36.6 Å². The van der Waals surface area contributed by atoms with Crippen molar-refractivity contribution in [3.05, 3.63) is 35.9 Å². The molecule has 2 atom stereocenters. The Labute approximate surface area is 233 Å². The van der Waals surface area contributed by atoms with Crippen LogP contribution in [0.2, 0.25) is 0 Å². The van der Waals surface area contributed by atoms with Crippen LogP contribution < -0.4 is 0 Å². The lowest BCUT2D eigenvalue weighted by atomic mass is 9.84. The Kier molecular flexibility index (Phi) is 7.01. The first-order chi connectivity index (χ1) is 18.6. The second-order valence-electron chi connectivity index (χ2n) is 14.3. The number of imide groups is 1. The zero-order chi connectivity index (χ0) is 27.4. The van der Waals surface area contributed by atoms with Crippen LogP contribution in [0, 0.1) is 23.2 Å². The standard InChI is InChI=1S/C32H46N4O3/c1-31(2,3)17-28(37)34-21-26(27(22-34)25-7-5-4-6-8-25)20-33-15-13-32(14-16-33)29(38)35(18-23-9-10-23)30(39)36(32)19-24-11-12-24/h4-8,23-24,26-27H,9-22H2,1-3H3/t26-,27+/m0/s1. The highest BCUT2D eigenvalue weighted by molar-refractivity contribution is 6.07. The molecule has 1 spiro atoms. The van der Waals surface area contributed by atoms with Gasteiger partial charge in [-0.15, -0.1) is 0 Å². The zero-order valence-electron chi connectivity index (χ0n) is 24.1. The van der Waals surface area contributed by atoms with Gasteiger partial charge in [-0.25, -0.2) is 4.79 Å². The lowest BCUT2D eigenvalue weighted by Crippen LogP contribution is -2.57. The van der Waals surface area contributed by atoms with Gasteiger partial charge in [-0.2, -0.15) is 0 Å². The Morgan fingerprint density at radius 2 is 1.54 bits per heavy atom. The Bertz CT molecular complexity index is 1080. The van der Waals surface area contributed by atoms with Gasteiger partial charge in [0, 0.05) is 58.2 Å². The molecule has 4 amide bonds. The van der Waals surface area contributed by atoms with Gasteiger partial charge < -0.3 is 14.7 Å². The Hall–Kier alpha value is -2.41. The molecule has 0 unspecified atom stereocenters. The van der Waals surface area contributed by atoms with Crippen LogP contribution in [-0.2, 0) is 9.59 Å². The summed E-state index contributed by atoms with van der Waals surface area (Å²) in [6.07, 6.45) is 6.64. The fourth-order valence-corrected chi connectivity index (χ4v) is 7.14. The molecule has 3 aliphatic heterocycles. The highest BCUT2D eigenvalue weighted by Crippen LogP contribution is 2.43. The van der Waals surface area contributed by atoms with Crippen molar-refractivity contribution in [2.24, 2.45) is 23.2 Å². The average Bonchev–Trinajstić information content (AvgIpc) is 3.83. The lowest BCUT2D eigenvalue weighted by Gasteiger charge is -2.43. The Morgan fingerprint density at radius 1 is 0.897 bits per heavy atom. The van der Waals surface area contributed by atoms with E-state index >= 15 is 0 Å². The summed E-state index contributed by atoms with van der Waals surface area (Å²) < 4.78 is 0. The molecule has 212 valence electrons. The normalized spacial score (nSPS) is 27.7. The van der Waals surface area contributed by atoms with Gasteiger partial charge in [0.25, 0.3) is 5.91 Å². The van der Waals surface area contributed by atoms with E-state index in [9.17, 15) is 14.4 Å². The van der Waals surface area contributed by atoms with Crippen LogP contribution >= 0.6 is 0 Å². The first-order valence-electron chi connectivity index (χ1n) is 15.3. The molecule has 6 rings (SSSR count). The number of amides is 4. The highest BCUT2D eigenvalue weighted by Gasteiger charge is 2.59. The number of hydrogen-bond donors (Lipinski definition) is 0. The van der Waals surface area contributed by atoms with Crippen LogP contribution in [0.25, 0.3) is 0 Å². The predicted molar refractivity (Wildman–Crippen MR) is 151 cm³/mol. The molecule has 7 heteroatoms. The molecule has 2 saturated carbocycles. The molecule has 0 aromatic heterocycles. The summed E-state index contributed by atoms with van der Waals surface area (Å²) in [5.41, 5.74) is 0.641. The summed E-state index contributed by atoms with van der Waals surface area (Å²) in [6.45, 7) is 11.9. The van der Waals surface area contributed by atoms with Crippen LogP contribution in [-0.4, -0.2) is 88.8 Å². The van der Waals surface area contributed by atoms with E-state index in [-0.39, 0.29) is 23.3 Å². The first kappa shape index (κ1) is 26.8. The molecule has 7 nitrogen and oxygen atoms in total. The predicted octanol–water partition coefficient (Wildman–Crippen LogP) is 4.58. The molecule has 3 heterocycles. The second-order valence-corrected chi connectivity index (χ2v) is 14.3. The minimum atomic E-state index is -0.645. The highest BCUT2D eigenvalue weighted by atomic mass is 16.2. The summed E-state index contributed by atoms with van der Waals surface area (Å²) in [5.74, 6) is 2.09. The third-order valence-corrected chi connectivity index (χ3v) is 9.78. The van der Waals surface area contributed by atoms with E-state index < -0.39 is 5.54 Å². The number of rotatable bonds is 8. The Balaban J connectivity index is 1.14. The zero-order valence-corrected chi connectivity index (χ0v) is 24.1. The van der Waals surface area contributed by atoms with E-state index in [1.165, 1.54) is 18.4 Å². The van der Waals surface area contributed by atoms with Gasteiger partial charge in [0.15, 0.2) is 0 Å². The van der Waals surface area contributed by atoms with Gasteiger partial charge in [-0.05, 0) is 67.3 Å². The summed E-state index contributed by atoms with van der Waals surface area (Å²) in [6, 6.07) is 10.6. The summed E-state index contributed by atoms with van der Waals surface area (Å²) in [5, 5.41) is 0. The number of piperidine rings is 1. The van der Waals surface area contributed by atoms with Gasteiger partial charge in [0.2, 0.25) is 5.91 Å². The molecule has 0 radical (unpaired) electrons. The SMILES string of the molecule is CC(C)(C)CC(=O)N1C[C@H](CN2CCC3(CC2)C(=O)N(CC2CC2)C(=O)N3CC2CC2)[C@@H](c2ccccc2)C1. The topological polar surface area (TPSA) is 64.2 Å². The number of urea groups is 1. The number of likely N-dealkylation sites (tertiary alicyclic amines) is 2. The molecule has 1 aromatic carbocycles. The van der Waals surface area contributed by atoms with E-state index in [4.69, 9.17) is 0 Å². The number of nitrogens with zero attached hydrogens (tertiary/aromatic N) is 4. The smallest absolute Gasteiger partial charge is 0.327 e. The third-order valence-electron chi connectivity index (χ3n) is 9.78. The first-order valence-corrected chi connectivity index (χ1v) is 15.3. The summed E-state index contributed by atoms with van der Waals surface area (Å²) in [7, 11) is 0. The lowest BCUT2D eigenvalue weighted by molar-refractivity contribution is -0.136. The molecule has 0 N–H and O–H groups in total. The van der Waals surface area contributed by atoms with E-state index in [1.54, 1.807) is 4.90 Å². The largest absolute Gasteiger partial charge is 0.342 e. The van der Waals surface area contributed by atoms with Crippen molar-refractivity contribution < 1.29 is 14.4 Å².